The Morgan fingerprint density at radius 1 is 1.62 bits per heavy atom. The lowest BCUT2D eigenvalue weighted by Gasteiger charge is -2.22. The van der Waals surface area contributed by atoms with Crippen molar-refractivity contribution in [1.82, 2.24) is 4.90 Å². The van der Waals surface area contributed by atoms with Gasteiger partial charge in [-0.15, -0.1) is 6.42 Å². The molecule has 3 nitrogen and oxygen atoms in total. The molecular weight excluding hydrogens is 164 g/mol. The Labute approximate surface area is 80.3 Å². The van der Waals surface area contributed by atoms with Crippen LogP contribution in [-0.4, -0.2) is 29.9 Å². The maximum absolute atomic E-state index is 11.6. The number of rotatable bonds is 5. The van der Waals surface area contributed by atoms with Crippen molar-refractivity contribution in [2.24, 2.45) is 5.73 Å². The summed E-state index contributed by atoms with van der Waals surface area (Å²) in [6.07, 6.45) is 6.72. The van der Waals surface area contributed by atoms with Crippen LogP contribution in [0.5, 0.6) is 0 Å². The molecule has 0 fully saturated rings. The van der Waals surface area contributed by atoms with Gasteiger partial charge in [0.2, 0.25) is 5.91 Å². The van der Waals surface area contributed by atoms with E-state index in [1.165, 1.54) is 0 Å². The average molecular weight is 182 g/mol. The molecule has 0 saturated heterocycles. The minimum Gasteiger partial charge on any atom is -0.330 e. The quantitative estimate of drug-likeness (QED) is 0.633. The van der Waals surface area contributed by atoms with Crippen LogP contribution in [0, 0.1) is 12.3 Å². The predicted octanol–water partition coefficient (Wildman–Crippen LogP) is 0.595. The van der Waals surface area contributed by atoms with Crippen LogP contribution in [-0.2, 0) is 4.79 Å². The van der Waals surface area contributed by atoms with E-state index in [9.17, 15) is 4.79 Å². The molecule has 0 spiro atoms. The van der Waals surface area contributed by atoms with Crippen LogP contribution in [0.2, 0.25) is 0 Å². The minimum atomic E-state index is -0.403. The highest BCUT2D eigenvalue weighted by molar-refractivity contribution is 5.81. The SMILES string of the molecule is C#CCN(CCC)C(=O)C(N)CC. The summed E-state index contributed by atoms with van der Waals surface area (Å²) in [5.74, 6) is 2.42. The van der Waals surface area contributed by atoms with E-state index in [0.717, 1.165) is 6.42 Å². The number of hydrogen-bond donors (Lipinski definition) is 1. The Kier molecular flexibility index (Phi) is 5.99. The summed E-state index contributed by atoms with van der Waals surface area (Å²) in [6, 6.07) is -0.403. The first kappa shape index (κ1) is 12.0. The van der Waals surface area contributed by atoms with Crippen molar-refractivity contribution < 1.29 is 4.79 Å². The lowest BCUT2D eigenvalue weighted by Crippen LogP contribution is -2.43. The Hall–Kier alpha value is -1.01. The maximum atomic E-state index is 11.6. The summed E-state index contributed by atoms with van der Waals surface area (Å²) >= 11 is 0. The Bertz CT molecular complexity index is 196. The molecule has 0 radical (unpaired) electrons. The van der Waals surface area contributed by atoms with Crippen LogP contribution in [0.15, 0.2) is 0 Å². The molecular formula is C10H18N2O. The van der Waals surface area contributed by atoms with Gasteiger partial charge in [0.25, 0.3) is 0 Å². The first-order valence-electron chi connectivity index (χ1n) is 4.65. The van der Waals surface area contributed by atoms with E-state index in [2.05, 4.69) is 5.92 Å². The molecule has 1 atom stereocenters. The monoisotopic (exact) mass is 182 g/mol. The molecule has 3 heteroatoms. The summed E-state index contributed by atoms with van der Waals surface area (Å²) in [7, 11) is 0. The minimum absolute atomic E-state index is 0.0395. The van der Waals surface area contributed by atoms with Crippen LogP contribution < -0.4 is 5.73 Å². The number of nitrogens with two attached hydrogens (primary N) is 1. The molecule has 0 aliphatic heterocycles. The number of terminal acetylenes is 1. The van der Waals surface area contributed by atoms with E-state index in [1.807, 2.05) is 13.8 Å². The molecule has 2 N–H and O–H groups in total. The van der Waals surface area contributed by atoms with Gasteiger partial charge in [0.15, 0.2) is 0 Å². The second kappa shape index (κ2) is 6.50. The number of carbonyl (C=O) groups excluding carboxylic acids is 1. The third kappa shape index (κ3) is 3.95. The molecule has 0 heterocycles. The molecule has 0 aromatic rings. The van der Waals surface area contributed by atoms with E-state index in [1.54, 1.807) is 4.90 Å². The Morgan fingerprint density at radius 3 is 2.62 bits per heavy atom. The fourth-order valence-electron chi connectivity index (χ4n) is 1.06. The molecule has 0 aromatic carbocycles. The van der Waals surface area contributed by atoms with Gasteiger partial charge in [-0.1, -0.05) is 19.8 Å². The zero-order valence-corrected chi connectivity index (χ0v) is 8.42. The molecule has 0 aliphatic rings. The van der Waals surface area contributed by atoms with Crippen molar-refractivity contribution in [2.75, 3.05) is 13.1 Å². The van der Waals surface area contributed by atoms with Gasteiger partial charge < -0.3 is 10.6 Å². The Morgan fingerprint density at radius 2 is 2.23 bits per heavy atom. The third-order valence-electron chi connectivity index (χ3n) is 1.84. The van der Waals surface area contributed by atoms with Crippen LogP contribution >= 0.6 is 0 Å². The first-order valence-corrected chi connectivity index (χ1v) is 4.65. The highest BCUT2D eigenvalue weighted by Crippen LogP contribution is 1.97. The summed E-state index contributed by atoms with van der Waals surface area (Å²) in [5, 5.41) is 0. The van der Waals surface area contributed by atoms with Crippen molar-refractivity contribution in [1.29, 1.82) is 0 Å². The van der Waals surface area contributed by atoms with E-state index in [-0.39, 0.29) is 5.91 Å². The fraction of sp³-hybridized carbons (Fsp3) is 0.700. The van der Waals surface area contributed by atoms with E-state index < -0.39 is 6.04 Å². The number of nitrogens with zero attached hydrogens (tertiary/aromatic N) is 1. The van der Waals surface area contributed by atoms with Crippen LogP contribution in [0.25, 0.3) is 0 Å². The maximum Gasteiger partial charge on any atom is 0.240 e. The lowest BCUT2D eigenvalue weighted by atomic mass is 10.2. The summed E-state index contributed by atoms with van der Waals surface area (Å²) in [6.45, 7) is 4.95. The van der Waals surface area contributed by atoms with Gasteiger partial charge in [0.1, 0.15) is 0 Å². The van der Waals surface area contributed by atoms with Crippen molar-refractivity contribution >= 4 is 5.91 Å². The molecule has 1 amide bonds. The molecule has 0 bridgehead atoms. The van der Waals surface area contributed by atoms with Gasteiger partial charge in [-0.3, -0.25) is 4.79 Å². The van der Waals surface area contributed by atoms with Crippen LogP contribution in [0.4, 0.5) is 0 Å². The first-order chi connectivity index (χ1) is 6.17. The van der Waals surface area contributed by atoms with Crippen LogP contribution in [0.1, 0.15) is 26.7 Å². The lowest BCUT2D eigenvalue weighted by molar-refractivity contribution is -0.132. The van der Waals surface area contributed by atoms with Crippen molar-refractivity contribution in [3.8, 4) is 12.3 Å². The molecule has 1 unspecified atom stereocenters. The van der Waals surface area contributed by atoms with E-state index >= 15 is 0 Å². The highest BCUT2D eigenvalue weighted by Gasteiger charge is 2.17. The van der Waals surface area contributed by atoms with Gasteiger partial charge in [0, 0.05) is 6.54 Å². The average Bonchev–Trinajstić information content (AvgIpc) is 2.15. The zero-order valence-electron chi connectivity index (χ0n) is 8.42. The van der Waals surface area contributed by atoms with Crippen LogP contribution in [0.3, 0.4) is 0 Å². The number of amides is 1. The third-order valence-corrected chi connectivity index (χ3v) is 1.84. The standard InChI is InChI=1S/C10H18N2O/c1-4-7-12(8-5-2)10(13)9(11)6-3/h1,9H,5-8,11H2,2-3H3. The van der Waals surface area contributed by atoms with Gasteiger partial charge in [-0.05, 0) is 12.8 Å². The summed E-state index contributed by atoms with van der Waals surface area (Å²) < 4.78 is 0. The summed E-state index contributed by atoms with van der Waals surface area (Å²) in [4.78, 5) is 13.2. The van der Waals surface area contributed by atoms with Gasteiger partial charge in [0.05, 0.1) is 12.6 Å². The highest BCUT2D eigenvalue weighted by atomic mass is 16.2. The van der Waals surface area contributed by atoms with Crippen molar-refractivity contribution in [3.63, 3.8) is 0 Å². The molecule has 0 rings (SSSR count). The smallest absolute Gasteiger partial charge is 0.240 e. The fourth-order valence-corrected chi connectivity index (χ4v) is 1.06. The molecule has 0 aromatic heterocycles. The molecule has 74 valence electrons. The normalized spacial score (nSPS) is 11.8. The summed E-state index contributed by atoms with van der Waals surface area (Å²) in [5.41, 5.74) is 5.62. The van der Waals surface area contributed by atoms with Crippen molar-refractivity contribution in [2.45, 2.75) is 32.7 Å². The van der Waals surface area contributed by atoms with Gasteiger partial charge in [-0.2, -0.15) is 0 Å². The number of carbonyl (C=O) groups is 1. The number of hydrogen-bond acceptors (Lipinski definition) is 2. The molecule has 0 aliphatic carbocycles. The van der Waals surface area contributed by atoms with Gasteiger partial charge in [-0.25, -0.2) is 0 Å². The Balaban J connectivity index is 4.19. The topological polar surface area (TPSA) is 46.3 Å². The second-order valence-corrected chi connectivity index (χ2v) is 2.98. The predicted molar refractivity (Wildman–Crippen MR) is 54.0 cm³/mol. The molecule has 0 saturated carbocycles. The zero-order chi connectivity index (χ0) is 10.3. The van der Waals surface area contributed by atoms with Crippen molar-refractivity contribution in [3.05, 3.63) is 0 Å². The van der Waals surface area contributed by atoms with E-state index in [4.69, 9.17) is 12.2 Å². The second-order valence-electron chi connectivity index (χ2n) is 2.98. The van der Waals surface area contributed by atoms with Gasteiger partial charge >= 0.3 is 0 Å². The molecule has 13 heavy (non-hydrogen) atoms. The van der Waals surface area contributed by atoms with E-state index in [0.29, 0.717) is 19.5 Å². The largest absolute Gasteiger partial charge is 0.330 e.